The van der Waals surface area contributed by atoms with Crippen molar-refractivity contribution >= 4 is 11.6 Å². The lowest BCUT2D eigenvalue weighted by atomic mass is 10.0. The van der Waals surface area contributed by atoms with E-state index in [9.17, 15) is 0 Å². The van der Waals surface area contributed by atoms with Crippen LogP contribution in [-0.4, -0.2) is 6.04 Å². The number of benzene rings is 1. The molecule has 2 heteroatoms. The van der Waals surface area contributed by atoms with E-state index < -0.39 is 0 Å². The van der Waals surface area contributed by atoms with Crippen LogP contribution >= 0.6 is 11.6 Å². The van der Waals surface area contributed by atoms with Crippen molar-refractivity contribution in [2.75, 3.05) is 0 Å². The fraction of sp³-hybridized carbons (Fsp3) is 0.429. The van der Waals surface area contributed by atoms with Crippen LogP contribution in [0.1, 0.15) is 37.8 Å². The van der Waals surface area contributed by atoms with E-state index >= 15 is 0 Å². The van der Waals surface area contributed by atoms with Crippen LogP contribution in [0.4, 0.5) is 0 Å². The van der Waals surface area contributed by atoms with E-state index in [4.69, 9.17) is 11.6 Å². The molecule has 1 aromatic carbocycles. The Hall–Kier alpha value is -0.790. The standard InChI is InChI=1S/C14H18ClN/c1-11(13-9-5-6-10-14(13)15)16-12-7-3-2-4-8-12/h3,5-7,9-12,16H,2,4,8H2,1H3/t11-,12?/m1/s1. The third-order valence-electron chi connectivity index (χ3n) is 3.09. The Morgan fingerprint density at radius 2 is 2.19 bits per heavy atom. The molecule has 0 amide bonds. The van der Waals surface area contributed by atoms with E-state index in [1.165, 1.54) is 24.8 Å². The van der Waals surface area contributed by atoms with Crippen LogP contribution in [0, 0.1) is 0 Å². The molecule has 1 aliphatic carbocycles. The number of hydrogen-bond acceptors (Lipinski definition) is 1. The number of allylic oxidation sites excluding steroid dienone is 1. The molecule has 86 valence electrons. The number of halogens is 1. The molecule has 0 radical (unpaired) electrons. The molecule has 2 rings (SSSR count). The van der Waals surface area contributed by atoms with Gasteiger partial charge in [0.05, 0.1) is 0 Å². The Morgan fingerprint density at radius 1 is 1.38 bits per heavy atom. The minimum atomic E-state index is 0.307. The second-order valence-electron chi connectivity index (χ2n) is 4.38. The van der Waals surface area contributed by atoms with E-state index in [-0.39, 0.29) is 0 Å². The lowest BCUT2D eigenvalue weighted by Crippen LogP contribution is -2.31. The zero-order valence-corrected chi connectivity index (χ0v) is 10.4. The molecule has 1 nitrogen and oxygen atoms in total. The number of hydrogen-bond donors (Lipinski definition) is 1. The Morgan fingerprint density at radius 3 is 2.88 bits per heavy atom. The minimum absolute atomic E-state index is 0.307. The van der Waals surface area contributed by atoms with Gasteiger partial charge in [-0.1, -0.05) is 42.0 Å². The number of rotatable bonds is 3. The molecule has 0 aliphatic heterocycles. The van der Waals surface area contributed by atoms with E-state index in [0.29, 0.717) is 12.1 Å². The van der Waals surface area contributed by atoms with E-state index in [1.807, 2.05) is 18.2 Å². The SMILES string of the molecule is C[C@@H](NC1C=CCCC1)c1ccccc1Cl. The topological polar surface area (TPSA) is 12.0 Å². The summed E-state index contributed by atoms with van der Waals surface area (Å²) in [7, 11) is 0. The highest BCUT2D eigenvalue weighted by atomic mass is 35.5. The molecule has 0 saturated carbocycles. The van der Waals surface area contributed by atoms with Crippen LogP contribution in [0.2, 0.25) is 5.02 Å². The molecule has 0 fully saturated rings. The van der Waals surface area contributed by atoms with E-state index in [1.54, 1.807) is 0 Å². The van der Waals surface area contributed by atoms with Gasteiger partial charge >= 0.3 is 0 Å². The first-order chi connectivity index (χ1) is 7.77. The molecular weight excluding hydrogens is 218 g/mol. The molecule has 0 spiro atoms. The third-order valence-corrected chi connectivity index (χ3v) is 3.43. The molecule has 1 N–H and O–H groups in total. The van der Waals surface area contributed by atoms with Crippen molar-refractivity contribution in [2.45, 2.75) is 38.3 Å². The Balaban J connectivity index is 2.02. The lowest BCUT2D eigenvalue weighted by Gasteiger charge is -2.23. The number of nitrogens with one attached hydrogen (secondary N) is 1. The van der Waals surface area contributed by atoms with Gasteiger partial charge in [-0.15, -0.1) is 0 Å². The summed E-state index contributed by atoms with van der Waals surface area (Å²) >= 11 is 6.18. The van der Waals surface area contributed by atoms with Crippen molar-refractivity contribution in [3.8, 4) is 0 Å². The van der Waals surface area contributed by atoms with Gasteiger partial charge in [-0.05, 0) is 37.8 Å². The van der Waals surface area contributed by atoms with Crippen LogP contribution in [0.15, 0.2) is 36.4 Å². The van der Waals surface area contributed by atoms with Gasteiger partial charge in [0.15, 0.2) is 0 Å². The smallest absolute Gasteiger partial charge is 0.0453 e. The van der Waals surface area contributed by atoms with Crippen molar-refractivity contribution in [1.29, 1.82) is 0 Å². The highest BCUT2D eigenvalue weighted by Crippen LogP contribution is 2.23. The summed E-state index contributed by atoms with van der Waals surface area (Å²) in [5, 5.41) is 4.45. The predicted molar refractivity (Wildman–Crippen MR) is 69.8 cm³/mol. The molecular formula is C14H18ClN. The van der Waals surface area contributed by atoms with Gasteiger partial charge in [0.25, 0.3) is 0 Å². The van der Waals surface area contributed by atoms with Gasteiger partial charge < -0.3 is 5.32 Å². The Kier molecular flexibility index (Phi) is 4.03. The molecule has 0 heterocycles. The minimum Gasteiger partial charge on any atom is -0.304 e. The largest absolute Gasteiger partial charge is 0.304 e. The van der Waals surface area contributed by atoms with Crippen LogP contribution in [0.25, 0.3) is 0 Å². The summed E-state index contributed by atoms with van der Waals surface area (Å²) in [5.74, 6) is 0. The summed E-state index contributed by atoms with van der Waals surface area (Å²) in [4.78, 5) is 0. The Labute approximate surface area is 103 Å². The summed E-state index contributed by atoms with van der Waals surface area (Å²) in [6, 6.07) is 8.86. The average Bonchev–Trinajstić information content (AvgIpc) is 2.31. The maximum atomic E-state index is 6.18. The van der Waals surface area contributed by atoms with E-state index in [0.717, 1.165) is 5.02 Å². The first kappa shape index (κ1) is 11.7. The van der Waals surface area contributed by atoms with Crippen LogP contribution in [0.3, 0.4) is 0 Å². The van der Waals surface area contributed by atoms with Crippen molar-refractivity contribution in [3.63, 3.8) is 0 Å². The molecule has 1 aromatic rings. The molecule has 0 bridgehead atoms. The summed E-state index contributed by atoms with van der Waals surface area (Å²) < 4.78 is 0. The summed E-state index contributed by atoms with van der Waals surface area (Å²) in [5.41, 5.74) is 1.18. The van der Waals surface area contributed by atoms with E-state index in [2.05, 4.69) is 30.5 Å². The highest BCUT2D eigenvalue weighted by molar-refractivity contribution is 6.31. The maximum Gasteiger partial charge on any atom is 0.0453 e. The fourth-order valence-electron chi connectivity index (χ4n) is 2.19. The van der Waals surface area contributed by atoms with Crippen molar-refractivity contribution in [1.82, 2.24) is 5.32 Å². The fourth-order valence-corrected chi connectivity index (χ4v) is 2.49. The molecule has 2 atom stereocenters. The second kappa shape index (κ2) is 5.51. The summed E-state index contributed by atoms with van der Waals surface area (Å²) in [6.45, 7) is 2.17. The van der Waals surface area contributed by atoms with Crippen molar-refractivity contribution in [2.24, 2.45) is 0 Å². The quantitative estimate of drug-likeness (QED) is 0.778. The van der Waals surface area contributed by atoms with Crippen molar-refractivity contribution in [3.05, 3.63) is 47.0 Å². The van der Waals surface area contributed by atoms with Crippen LogP contribution in [0.5, 0.6) is 0 Å². The summed E-state index contributed by atoms with van der Waals surface area (Å²) in [6.07, 6.45) is 8.27. The third kappa shape index (κ3) is 2.87. The van der Waals surface area contributed by atoms with Gasteiger partial charge in [0, 0.05) is 17.1 Å². The zero-order valence-electron chi connectivity index (χ0n) is 9.62. The zero-order chi connectivity index (χ0) is 11.4. The van der Waals surface area contributed by atoms with Gasteiger partial charge in [-0.2, -0.15) is 0 Å². The first-order valence-corrected chi connectivity index (χ1v) is 6.32. The maximum absolute atomic E-state index is 6.18. The van der Waals surface area contributed by atoms with Crippen molar-refractivity contribution < 1.29 is 0 Å². The molecule has 0 saturated heterocycles. The molecule has 16 heavy (non-hydrogen) atoms. The highest BCUT2D eigenvalue weighted by Gasteiger charge is 2.14. The predicted octanol–water partition coefficient (Wildman–Crippen LogP) is 4.10. The lowest BCUT2D eigenvalue weighted by molar-refractivity contribution is 0.467. The molecule has 1 unspecified atom stereocenters. The monoisotopic (exact) mass is 235 g/mol. The molecule has 0 aromatic heterocycles. The first-order valence-electron chi connectivity index (χ1n) is 5.94. The molecule has 1 aliphatic rings. The van der Waals surface area contributed by atoms with Gasteiger partial charge in [-0.3, -0.25) is 0 Å². The normalized spacial score (nSPS) is 22.0. The van der Waals surface area contributed by atoms with Gasteiger partial charge in [0.1, 0.15) is 0 Å². The van der Waals surface area contributed by atoms with Gasteiger partial charge in [0.2, 0.25) is 0 Å². The van der Waals surface area contributed by atoms with Crippen LogP contribution < -0.4 is 5.32 Å². The van der Waals surface area contributed by atoms with Gasteiger partial charge in [-0.25, -0.2) is 0 Å². The Bertz CT molecular complexity index is 373. The van der Waals surface area contributed by atoms with Crippen LogP contribution in [-0.2, 0) is 0 Å². The average molecular weight is 236 g/mol. The second-order valence-corrected chi connectivity index (χ2v) is 4.78.